The van der Waals surface area contributed by atoms with Crippen LogP contribution in [0.1, 0.15) is 31.0 Å². The molecule has 0 unspecified atom stereocenters. The largest absolute Gasteiger partial charge is 0.348 e. The van der Waals surface area contributed by atoms with E-state index >= 15 is 0 Å². The normalized spacial score (nSPS) is 11.0. The van der Waals surface area contributed by atoms with Crippen LogP contribution >= 0.6 is 0 Å². The molecule has 0 spiro atoms. The van der Waals surface area contributed by atoms with E-state index in [2.05, 4.69) is 48.0 Å². The highest BCUT2D eigenvalue weighted by Crippen LogP contribution is 2.32. The highest BCUT2D eigenvalue weighted by atomic mass is 16.2. The zero-order chi connectivity index (χ0) is 17.3. The van der Waals surface area contributed by atoms with Gasteiger partial charge >= 0.3 is 6.03 Å². The molecule has 0 fully saturated rings. The van der Waals surface area contributed by atoms with E-state index in [0.29, 0.717) is 11.6 Å². The van der Waals surface area contributed by atoms with Crippen molar-refractivity contribution in [3.8, 4) is 0 Å². The lowest BCUT2D eigenvalue weighted by molar-refractivity contribution is 0.262. The number of benzene rings is 1. The Balaban J connectivity index is 1.88. The second-order valence-electron chi connectivity index (χ2n) is 6.27. The molecule has 5 nitrogen and oxygen atoms in total. The molecule has 0 saturated heterocycles. The number of urea groups is 1. The van der Waals surface area contributed by atoms with Crippen LogP contribution in [0.3, 0.4) is 0 Å². The number of fused-ring (bicyclic) bond motifs is 1. The summed E-state index contributed by atoms with van der Waals surface area (Å²) in [7, 11) is 2.08. The van der Waals surface area contributed by atoms with E-state index < -0.39 is 0 Å². The van der Waals surface area contributed by atoms with E-state index in [0.717, 1.165) is 5.69 Å². The quantitative estimate of drug-likeness (QED) is 0.737. The van der Waals surface area contributed by atoms with Gasteiger partial charge in [0, 0.05) is 35.5 Å². The molecule has 124 valence electrons. The lowest BCUT2D eigenvalue weighted by atomic mass is 9.99. The van der Waals surface area contributed by atoms with Gasteiger partial charge in [0.2, 0.25) is 0 Å². The summed E-state index contributed by atoms with van der Waals surface area (Å²) in [5, 5.41) is 6.85. The van der Waals surface area contributed by atoms with Crippen LogP contribution in [0.2, 0.25) is 0 Å². The van der Waals surface area contributed by atoms with Gasteiger partial charge in [0.05, 0.1) is 11.9 Å². The number of aryl methyl sites for hydroxylation is 1. The molecule has 2 aromatic heterocycles. The Labute approximate surface area is 141 Å². The van der Waals surface area contributed by atoms with Crippen molar-refractivity contribution in [2.75, 3.05) is 10.6 Å². The monoisotopic (exact) mass is 322 g/mol. The number of aromatic nitrogens is 2. The van der Waals surface area contributed by atoms with Crippen LogP contribution in [0.5, 0.6) is 0 Å². The predicted molar refractivity (Wildman–Crippen MR) is 98.6 cm³/mol. The first-order valence-electron chi connectivity index (χ1n) is 8.04. The fraction of sp³-hybridized carbons (Fsp3) is 0.263. The molecule has 3 aromatic rings. The summed E-state index contributed by atoms with van der Waals surface area (Å²) < 4.78 is 2.20. The third-order valence-electron chi connectivity index (χ3n) is 4.30. The molecule has 2 N–H and O–H groups in total. The molecule has 3 rings (SSSR count). The van der Waals surface area contributed by atoms with Gasteiger partial charge in [-0.05, 0) is 48.7 Å². The number of carbonyl (C=O) groups is 1. The molecule has 2 amide bonds. The van der Waals surface area contributed by atoms with Crippen molar-refractivity contribution in [2.24, 2.45) is 7.05 Å². The van der Waals surface area contributed by atoms with E-state index in [1.807, 2.05) is 18.2 Å². The summed E-state index contributed by atoms with van der Waals surface area (Å²) in [5.41, 5.74) is 5.20. The van der Waals surface area contributed by atoms with Gasteiger partial charge in [-0.1, -0.05) is 13.8 Å². The van der Waals surface area contributed by atoms with E-state index in [4.69, 9.17) is 0 Å². The van der Waals surface area contributed by atoms with Crippen molar-refractivity contribution in [2.45, 2.75) is 26.7 Å². The van der Waals surface area contributed by atoms with Crippen LogP contribution in [-0.4, -0.2) is 15.6 Å². The smallest absolute Gasteiger partial charge is 0.323 e. The van der Waals surface area contributed by atoms with Crippen molar-refractivity contribution >= 4 is 28.3 Å². The van der Waals surface area contributed by atoms with Crippen molar-refractivity contribution < 1.29 is 4.79 Å². The van der Waals surface area contributed by atoms with Gasteiger partial charge in [0.1, 0.15) is 0 Å². The first kappa shape index (κ1) is 16.1. The van der Waals surface area contributed by atoms with Crippen LogP contribution in [0.4, 0.5) is 16.2 Å². The molecule has 0 bridgehead atoms. The molecule has 0 saturated carbocycles. The Hall–Kier alpha value is -2.82. The Morgan fingerprint density at radius 2 is 1.92 bits per heavy atom. The zero-order valence-corrected chi connectivity index (χ0v) is 14.4. The number of nitrogens with zero attached hydrogens (tertiary/aromatic N) is 2. The van der Waals surface area contributed by atoms with Crippen LogP contribution in [0.25, 0.3) is 10.9 Å². The van der Waals surface area contributed by atoms with Gasteiger partial charge in [-0.15, -0.1) is 0 Å². The highest BCUT2D eigenvalue weighted by Gasteiger charge is 2.15. The average Bonchev–Trinajstić information content (AvgIpc) is 2.79. The summed E-state index contributed by atoms with van der Waals surface area (Å²) in [5.74, 6) is 0.424. The minimum absolute atomic E-state index is 0.277. The summed E-state index contributed by atoms with van der Waals surface area (Å²) in [6, 6.07) is 9.32. The van der Waals surface area contributed by atoms with Gasteiger partial charge in [-0.25, -0.2) is 4.79 Å². The standard InChI is InChI=1S/C19H22N4O/c1-12(2)18-13(3)23(4)17-8-7-14(10-16(17)18)21-19(24)22-15-6-5-9-20-11-15/h5-12H,1-4H3,(H2,21,22,24). The van der Waals surface area contributed by atoms with Gasteiger partial charge in [0.25, 0.3) is 0 Å². The first-order valence-corrected chi connectivity index (χ1v) is 8.04. The van der Waals surface area contributed by atoms with E-state index in [1.54, 1.807) is 24.5 Å². The maximum Gasteiger partial charge on any atom is 0.323 e. The van der Waals surface area contributed by atoms with Crippen molar-refractivity contribution in [3.63, 3.8) is 0 Å². The average molecular weight is 322 g/mol. The number of hydrogen-bond acceptors (Lipinski definition) is 2. The molecule has 24 heavy (non-hydrogen) atoms. The fourth-order valence-corrected chi connectivity index (χ4v) is 3.14. The maximum absolute atomic E-state index is 12.2. The van der Waals surface area contributed by atoms with Gasteiger partial charge < -0.3 is 15.2 Å². The van der Waals surface area contributed by atoms with Gasteiger partial charge in [-0.2, -0.15) is 0 Å². The summed E-state index contributed by atoms with van der Waals surface area (Å²) >= 11 is 0. The molecule has 0 atom stereocenters. The summed E-state index contributed by atoms with van der Waals surface area (Å²) in [4.78, 5) is 16.1. The third kappa shape index (κ3) is 2.97. The second kappa shape index (κ2) is 6.35. The number of carbonyl (C=O) groups excluding carboxylic acids is 1. The third-order valence-corrected chi connectivity index (χ3v) is 4.30. The molecule has 0 radical (unpaired) electrons. The van der Waals surface area contributed by atoms with Crippen molar-refractivity contribution in [1.82, 2.24) is 9.55 Å². The van der Waals surface area contributed by atoms with E-state index in [9.17, 15) is 4.79 Å². The summed E-state index contributed by atoms with van der Waals surface area (Å²) in [6.45, 7) is 6.52. The molecular weight excluding hydrogens is 300 g/mol. The molecule has 2 heterocycles. The number of hydrogen-bond donors (Lipinski definition) is 2. The Morgan fingerprint density at radius 1 is 1.17 bits per heavy atom. The van der Waals surface area contributed by atoms with Crippen LogP contribution in [0.15, 0.2) is 42.7 Å². The maximum atomic E-state index is 12.2. The minimum Gasteiger partial charge on any atom is -0.348 e. The molecule has 1 aromatic carbocycles. The Bertz CT molecular complexity index is 881. The topological polar surface area (TPSA) is 59.0 Å². The number of amides is 2. The highest BCUT2D eigenvalue weighted by molar-refractivity contribution is 6.01. The van der Waals surface area contributed by atoms with Crippen LogP contribution < -0.4 is 10.6 Å². The number of rotatable bonds is 3. The number of nitrogens with one attached hydrogen (secondary N) is 2. The van der Waals surface area contributed by atoms with Gasteiger partial charge in [-0.3, -0.25) is 4.98 Å². The minimum atomic E-state index is -0.277. The second-order valence-corrected chi connectivity index (χ2v) is 6.27. The molecule has 5 heteroatoms. The van der Waals surface area contributed by atoms with E-state index in [-0.39, 0.29) is 6.03 Å². The molecule has 0 aliphatic carbocycles. The Kier molecular flexibility index (Phi) is 4.25. The van der Waals surface area contributed by atoms with Crippen molar-refractivity contribution in [3.05, 3.63) is 54.0 Å². The fourth-order valence-electron chi connectivity index (χ4n) is 3.14. The van der Waals surface area contributed by atoms with Crippen LogP contribution in [0, 0.1) is 6.92 Å². The van der Waals surface area contributed by atoms with Crippen LogP contribution in [-0.2, 0) is 7.05 Å². The first-order chi connectivity index (χ1) is 11.5. The predicted octanol–water partition coefficient (Wildman–Crippen LogP) is 4.65. The van der Waals surface area contributed by atoms with E-state index in [1.165, 1.54) is 22.2 Å². The lowest BCUT2D eigenvalue weighted by Gasteiger charge is -2.09. The summed E-state index contributed by atoms with van der Waals surface area (Å²) in [6.07, 6.45) is 3.28. The molecule has 0 aliphatic heterocycles. The zero-order valence-electron chi connectivity index (χ0n) is 14.4. The lowest BCUT2D eigenvalue weighted by Crippen LogP contribution is -2.19. The number of anilines is 2. The number of pyridine rings is 1. The molecular formula is C19H22N4O. The van der Waals surface area contributed by atoms with Crippen molar-refractivity contribution in [1.29, 1.82) is 0 Å². The van der Waals surface area contributed by atoms with Gasteiger partial charge in [0.15, 0.2) is 0 Å². The Morgan fingerprint density at radius 3 is 2.58 bits per heavy atom. The molecule has 0 aliphatic rings. The SMILES string of the molecule is Cc1c(C(C)C)c2cc(NC(=O)Nc3cccnc3)ccc2n1C.